The second kappa shape index (κ2) is 5.28. The highest BCUT2D eigenvalue weighted by Crippen LogP contribution is 2.35. The monoisotopic (exact) mass is 282 g/mol. The maximum Gasteiger partial charge on any atom is 0.110 e. The molecule has 0 amide bonds. The molecule has 0 unspecified atom stereocenters. The van der Waals surface area contributed by atoms with Crippen LogP contribution in [0.3, 0.4) is 0 Å². The van der Waals surface area contributed by atoms with Gasteiger partial charge in [-0.05, 0) is 55.2 Å². The van der Waals surface area contributed by atoms with Crippen LogP contribution in [0.1, 0.15) is 44.7 Å². The quantitative estimate of drug-likeness (QED) is 0.768. The largest absolute Gasteiger partial charge is 0.294 e. The molecule has 1 aromatic rings. The SMILES string of the molecule is CC(C)N1CCCC[C@H]1c1cccnc1Br. The number of halogens is 1. The predicted octanol–water partition coefficient (Wildman–Crippen LogP) is 3.78. The lowest BCUT2D eigenvalue weighted by atomic mass is 9.95. The minimum atomic E-state index is 0.539. The van der Waals surface area contributed by atoms with Crippen molar-refractivity contribution < 1.29 is 0 Å². The Morgan fingerprint density at radius 3 is 2.94 bits per heavy atom. The van der Waals surface area contributed by atoms with Gasteiger partial charge in [0.15, 0.2) is 0 Å². The van der Waals surface area contributed by atoms with Gasteiger partial charge in [0.1, 0.15) is 4.60 Å². The van der Waals surface area contributed by atoms with E-state index in [2.05, 4.69) is 45.7 Å². The topological polar surface area (TPSA) is 16.1 Å². The summed E-state index contributed by atoms with van der Waals surface area (Å²) in [6, 6.07) is 5.38. The van der Waals surface area contributed by atoms with Crippen LogP contribution in [0, 0.1) is 0 Å². The van der Waals surface area contributed by atoms with Gasteiger partial charge in [0.25, 0.3) is 0 Å². The van der Waals surface area contributed by atoms with E-state index < -0.39 is 0 Å². The summed E-state index contributed by atoms with van der Waals surface area (Å²) in [6.07, 6.45) is 5.75. The molecule has 0 bridgehead atoms. The van der Waals surface area contributed by atoms with E-state index >= 15 is 0 Å². The molecule has 1 saturated heterocycles. The van der Waals surface area contributed by atoms with Crippen LogP contribution in [0.25, 0.3) is 0 Å². The maximum absolute atomic E-state index is 4.34. The second-order valence-electron chi connectivity index (χ2n) is 4.73. The molecular weight excluding hydrogens is 264 g/mol. The van der Waals surface area contributed by atoms with Crippen molar-refractivity contribution in [3.63, 3.8) is 0 Å². The van der Waals surface area contributed by atoms with E-state index in [1.807, 2.05) is 12.3 Å². The molecule has 1 aliphatic heterocycles. The molecular formula is C13H19BrN2. The highest BCUT2D eigenvalue weighted by molar-refractivity contribution is 9.10. The van der Waals surface area contributed by atoms with Crippen molar-refractivity contribution in [3.8, 4) is 0 Å². The predicted molar refractivity (Wildman–Crippen MR) is 70.4 cm³/mol. The Morgan fingerprint density at radius 1 is 1.44 bits per heavy atom. The molecule has 1 fully saturated rings. The first-order valence-corrected chi connectivity index (χ1v) is 6.85. The third-order valence-electron chi connectivity index (χ3n) is 3.35. The third kappa shape index (κ3) is 2.46. The number of pyridine rings is 1. The van der Waals surface area contributed by atoms with Crippen molar-refractivity contribution >= 4 is 15.9 Å². The first kappa shape index (κ1) is 12.1. The van der Waals surface area contributed by atoms with Crippen LogP contribution in [0.15, 0.2) is 22.9 Å². The van der Waals surface area contributed by atoms with E-state index in [9.17, 15) is 0 Å². The zero-order valence-electron chi connectivity index (χ0n) is 9.99. The van der Waals surface area contributed by atoms with Crippen LogP contribution in [-0.2, 0) is 0 Å². The Balaban J connectivity index is 2.27. The average molecular weight is 283 g/mol. The van der Waals surface area contributed by atoms with Gasteiger partial charge in [0.05, 0.1) is 0 Å². The Bertz CT molecular complexity index is 352. The fraction of sp³-hybridized carbons (Fsp3) is 0.615. The lowest BCUT2D eigenvalue weighted by Gasteiger charge is -2.39. The Morgan fingerprint density at radius 2 is 2.25 bits per heavy atom. The third-order valence-corrected chi connectivity index (χ3v) is 4.02. The van der Waals surface area contributed by atoms with Crippen molar-refractivity contribution in [2.75, 3.05) is 6.54 Å². The van der Waals surface area contributed by atoms with Crippen molar-refractivity contribution in [1.29, 1.82) is 0 Å². The van der Waals surface area contributed by atoms with E-state index in [1.165, 1.54) is 31.4 Å². The van der Waals surface area contributed by atoms with Crippen LogP contribution in [-0.4, -0.2) is 22.5 Å². The molecule has 0 spiro atoms. The molecule has 0 aromatic carbocycles. The highest BCUT2D eigenvalue weighted by Gasteiger charge is 2.27. The van der Waals surface area contributed by atoms with Crippen LogP contribution in [0.2, 0.25) is 0 Å². The molecule has 1 aliphatic rings. The Labute approximate surface area is 106 Å². The highest BCUT2D eigenvalue weighted by atomic mass is 79.9. The van der Waals surface area contributed by atoms with Crippen LogP contribution < -0.4 is 0 Å². The maximum atomic E-state index is 4.34. The Hall–Kier alpha value is -0.410. The lowest BCUT2D eigenvalue weighted by Crippen LogP contribution is -2.38. The molecule has 2 nitrogen and oxygen atoms in total. The zero-order chi connectivity index (χ0) is 11.5. The summed E-state index contributed by atoms with van der Waals surface area (Å²) in [6.45, 7) is 5.77. The number of rotatable bonds is 2. The number of aromatic nitrogens is 1. The molecule has 2 heterocycles. The molecule has 0 radical (unpaired) electrons. The van der Waals surface area contributed by atoms with E-state index in [1.54, 1.807) is 0 Å². The van der Waals surface area contributed by atoms with E-state index in [-0.39, 0.29) is 0 Å². The fourth-order valence-electron chi connectivity index (χ4n) is 2.55. The Kier molecular flexibility index (Phi) is 3.98. The van der Waals surface area contributed by atoms with Crippen molar-refractivity contribution in [1.82, 2.24) is 9.88 Å². The van der Waals surface area contributed by atoms with Gasteiger partial charge in [-0.3, -0.25) is 4.90 Å². The molecule has 0 N–H and O–H groups in total. The average Bonchev–Trinajstić information content (AvgIpc) is 2.29. The number of hydrogen-bond donors (Lipinski definition) is 0. The molecule has 1 aromatic heterocycles. The van der Waals surface area contributed by atoms with Crippen molar-refractivity contribution in [2.24, 2.45) is 0 Å². The molecule has 0 saturated carbocycles. The fourth-order valence-corrected chi connectivity index (χ4v) is 3.07. The summed E-state index contributed by atoms with van der Waals surface area (Å²) >= 11 is 3.57. The van der Waals surface area contributed by atoms with Gasteiger partial charge < -0.3 is 0 Å². The van der Waals surface area contributed by atoms with Gasteiger partial charge in [0.2, 0.25) is 0 Å². The number of hydrogen-bond acceptors (Lipinski definition) is 2. The van der Waals surface area contributed by atoms with Gasteiger partial charge in [-0.1, -0.05) is 12.5 Å². The summed E-state index contributed by atoms with van der Waals surface area (Å²) in [5.74, 6) is 0. The van der Waals surface area contributed by atoms with Gasteiger partial charge >= 0.3 is 0 Å². The zero-order valence-corrected chi connectivity index (χ0v) is 11.6. The molecule has 88 valence electrons. The van der Waals surface area contributed by atoms with Crippen molar-refractivity contribution in [3.05, 3.63) is 28.5 Å². The summed E-state index contributed by atoms with van der Waals surface area (Å²) in [5.41, 5.74) is 1.34. The normalized spacial score (nSPS) is 22.6. The van der Waals surface area contributed by atoms with Crippen LogP contribution in [0.5, 0.6) is 0 Å². The molecule has 0 aliphatic carbocycles. The van der Waals surface area contributed by atoms with Gasteiger partial charge in [-0.2, -0.15) is 0 Å². The number of nitrogens with zero attached hydrogens (tertiary/aromatic N) is 2. The first-order valence-electron chi connectivity index (χ1n) is 6.06. The molecule has 2 rings (SSSR count). The van der Waals surface area contributed by atoms with Gasteiger partial charge in [0, 0.05) is 23.8 Å². The first-order chi connectivity index (χ1) is 7.70. The smallest absolute Gasteiger partial charge is 0.110 e. The standard InChI is InChI=1S/C13H19BrN2/c1-10(2)16-9-4-3-7-12(16)11-6-5-8-15-13(11)14/h5-6,8,10,12H,3-4,7,9H2,1-2H3/t12-/m0/s1. The number of piperidine rings is 1. The van der Waals surface area contributed by atoms with Crippen LogP contribution in [0.4, 0.5) is 0 Å². The van der Waals surface area contributed by atoms with E-state index in [0.29, 0.717) is 12.1 Å². The van der Waals surface area contributed by atoms with Crippen LogP contribution >= 0.6 is 15.9 Å². The summed E-state index contributed by atoms with van der Waals surface area (Å²) in [4.78, 5) is 6.93. The van der Waals surface area contributed by atoms with Crippen molar-refractivity contribution in [2.45, 2.75) is 45.2 Å². The molecule has 3 heteroatoms. The van der Waals surface area contributed by atoms with E-state index in [4.69, 9.17) is 0 Å². The summed E-state index contributed by atoms with van der Waals surface area (Å²) in [5, 5.41) is 0. The second-order valence-corrected chi connectivity index (χ2v) is 5.48. The summed E-state index contributed by atoms with van der Waals surface area (Å²) in [7, 11) is 0. The minimum Gasteiger partial charge on any atom is -0.294 e. The van der Waals surface area contributed by atoms with Gasteiger partial charge in [-0.25, -0.2) is 4.98 Å². The van der Waals surface area contributed by atoms with Gasteiger partial charge in [-0.15, -0.1) is 0 Å². The molecule has 16 heavy (non-hydrogen) atoms. The lowest BCUT2D eigenvalue weighted by molar-refractivity contribution is 0.111. The summed E-state index contributed by atoms with van der Waals surface area (Å²) < 4.78 is 1.01. The van der Waals surface area contributed by atoms with E-state index in [0.717, 1.165) is 4.60 Å². The number of likely N-dealkylation sites (tertiary alicyclic amines) is 1. The minimum absolute atomic E-state index is 0.539. The molecule has 1 atom stereocenters.